The van der Waals surface area contributed by atoms with Crippen LogP contribution >= 0.6 is 0 Å². The van der Waals surface area contributed by atoms with Crippen LogP contribution in [0.15, 0.2) is 111 Å². The van der Waals surface area contributed by atoms with Crippen LogP contribution in [-0.4, -0.2) is 51.9 Å². The summed E-state index contributed by atoms with van der Waals surface area (Å²) in [6, 6.07) is 29.3. The molecule has 0 aliphatic heterocycles. The summed E-state index contributed by atoms with van der Waals surface area (Å²) in [5.41, 5.74) is 4.40. The second kappa shape index (κ2) is 11.1. The Balaban J connectivity index is 1.19. The molecule has 3 aromatic heterocycles. The Morgan fingerprint density at radius 1 is 0.581 bits per heavy atom. The molecule has 2 N–H and O–H groups in total. The zero-order valence-corrected chi connectivity index (χ0v) is 22.7. The van der Waals surface area contributed by atoms with E-state index < -0.39 is 0 Å². The molecule has 0 unspecified atom stereocenters. The Morgan fingerprint density at radius 2 is 1.00 bits per heavy atom. The fourth-order valence-electron chi connectivity index (χ4n) is 4.77. The first kappa shape index (κ1) is 25.8. The van der Waals surface area contributed by atoms with Crippen LogP contribution in [0, 0.1) is 0 Å². The summed E-state index contributed by atoms with van der Waals surface area (Å²) < 4.78 is 9.87. The molecule has 0 saturated heterocycles. The molecule has 43 heavy (non-hydrogen) atoms. The van der Waals surface area contributed by atoms with Crippen molar-refractivity contribution in [2.45, 2.75) is 13.1 Å². The number of hydrogen-bond donors (Lipinski definition) is 2. The average Bonchev–Trinajstić information content (AvgIpc) is 3.72. The summed E-state index contributed by atoms with van der Waals surface area (Å²) in [6.07, 6.45) is 3.15. The van der Waals surface area contributed by atoms with Gasteiger partial charge < -0.3 is 14.6 Å². The highest BCUT2D eigenvalue weighted by atomic mass is 16.4. The molecule has 0 aliphatic rings. The van der Waals surface area contributed by atoms with Crippen molar-refractivity contribution in [3.63, 3.8) is 0 Å². The van der Waals surface area contributed by atoms with Gasteiger partial charge in [0.2, 0.25) is 23.7 Å². The quantitative estimate of drug-likeness (QED) is 0.222. The van der Waals surface area contributed by atoms with Gasteiger partial charge in [-0.1, -0.05) is 48.5 Å². The first-order valence-corrected chi connectivity index (χ1v) is 13.5. The normalized spacial score (nSPS) is 11.9. The fraction of sp³-hybridized carbons (Fsp3) is 0.0625. The van der Waals surface area contributed by atoms with E-state index in [1.807, 2.05) is 69.8 Å². The third kappa shape index (κ3) is 5.22. The van der Waals surface area contributed by atoms with Crippen LogP contribution < -0.4 is 0 Å². The lowest BCUT2D eigenvalue weighted by atomic mass is 10.2. The van der Waals surface area contributed by atoms with Crippen LogP contribution in [-0.2, 0) is 13.1 Å². The Bertz CT molecular complexity index is 1990. The molecule has 0 saturated carbocycles. The van der Waals surface area contributed by atoms with Crippen molar-refractivity contribution in [3.8, 4) is 11.5 Å². The minimum absolute atomic E-state index is 0.131. The Labute approximate surface area is 244 Å². The second-order valence-corrected chi connectivity index (χ2v) is 9.70. The molecule has 7 rings (SSSR count). The topological polar surface area (TPSA) is 140 Å². The second-order valence-electron chi connectivity index (χ2n) is 9.70. The van der Waals surface area contributed by atoms with Gasteiger partial charge in [0.15, 0.2) is 0 Å². The molecule has 11 nitrogen and oxygen atoms in total. The van der Waals surface area contributed by atoms with Crippen molar-refractivity contribution in [1.29, 1.82) is 0 Å². The molecule has 0 atom stereocenters. The van der Waals surface area contributed by atoms with Gasteiger partial charge in [-0.15, -0.1) is 10.2 Å². The molecule has 0 spiro atoms. The van der Waals surface area contributed by atoms with Gasteiger partial charge in [-0.05, 0) is 48.5 Å². The van der Waals surface area contributed by atoms with Gasteiger partial charge in [-0.2, -0.15) is 0 Å². The van der Waals surface area contributed by atoms with E-state index in [0.29, 0.717) is 34.8 Å². The largest absolute Gasteiger partial charge is 0.507 e. The molecule has 4 aromatic carbocycles. The number of phenols is 2. The minimum Gasteiger partial charge on any atom is -0.507 e. The lowest BCUT2D eigenvalue weighted by Crippen LogP contribution is -2.00. The van der Waals surface area contributed by atoms with E-state index in [4.69, 9.17) is 4.42 Å². The van der Waals surface area contributed by atoms with E-state index in [9.17, 15) is 10.2 Å². The van der Waals surface area contributed by atoms with Crippen LogP contribution in [0.5, 0.6) is 11.5 Å². The summed E-state index contributed by atoms with van der Waals surface area (Å²) in [6.45, 7) is 0.480. The van der Waals surface area contributed by atoms with Crippen molar-refractivity contribution >= 4 is 46.4 Å². The summed E-state index contributed by atoms with van der Waals surface area (Å²) in [5, 5.41) is 28.9. The van der Waals surface area contributed by atoms with Gasteiger partial charge in [-0.25, -0.2) is 20.0 Å². The lowest BCUT2D eigenvalue weighted by Gasteiger charge is -2.04. The van der Waals surface area contributed by atoms with Crippen LogP contribution in [0.25, 0.3) is 22.1 Å². The molecule has 0 amide bonds. The number of phenolic OH excluding ortho intramolecular Hbond substituents is 2. The molecule has 0 fully saturated rings. The number of aliphatic imine (C=N–C) groups is 2. The van der Waals surface area contributed by atoms with E-state index in [1.54, 1.807) is 48.8 Å². The Morgan fingerprint density at radius 3 is 1.47 bits per heavy atom. The Hall–Kier alpha value is -6.10. The van der Waals surface area contributed by atoms with Crippen molar-refractivity contribution < 1.29 is 14.6 Å². The van der Waals surface area contributed by atoms with Crippen molar-refractivity contribution in [3.05, 3.63) is 120 Å². The molecular formula is C32H24N8O3. The summed E-state index contributed by atoms with van der Waals surface area (Å²) in [4.78, 5) is 18.5. The number of aromatic hydroxyl groups is 2. The predicted molar refractivity (Wildman–Crippen MR) is 163 cm³/mol. The first-order valence-electron chi connectivity index (χ1n) is 13.5. The van der Waals surface area contributed by atoms with E-state index in [-0.39, 0.29) is 24.6 Å². The highest BCUT2D eigenvalue weighted by Gasteiger charge is 2.17. The maximum atomic E-state index is 10.2. The van der Waals surface area contributed by atoms with Crippen molar-refractivity contribution in [1.82, 2.24) is 29.3 Å². The molecular weight excluding hydrogens is 544 g/mol. The van der Waals surface area contributed by atoms with Crippen LogP contribution in [0.3, 0.4) is 0 Å². The third-order valence-corrected chi connectivity index (χ3v) is 6.88. The summed E-state index contributed by atoms with van der Waals surface area (Å²) in [7, 11) is 0. The molecule has 0 bridgehead atoms. The SMILES string of the molecule is Oc1ccccc1/C=N/c1nc2ccccc2n1Cc1nnc(Cn2c(/N=C/c3ccccc3O)nc3ccccc32)o1. The van der Waals surface area contributed by atoms with Gasteiger partial charge in [0.25, 0.3) is 0 Å². The van der Waals surface area contributed by atoms with Crippen LogP contribution in [0.2, 0.25) is 0 Å². The number of fused-ring (bicyclic) bond motifs is 2. The molecule has 0 aliphatic carbocycles. The van der Waals surface area contributed by atoms with Gasteiger partial charge in [0, 0.05) is 23.6 Å². The van der Waals surface area contributed by atoms with Crippen LogP contribution in [0.1, 0.15) is 22.9 Å². The van der Waals surface area contributed by atoms with Gasteiger partial charge >= 0.3 is 0 Å². The summed E-state index contributed by atoms with van der Waals surface area (Å²) >= 11 is 0. The first-order chi connectivity index (χ1) is 21.1. The van der Waals surface area contributed by atoms with E-state index >= 15 is 0 Å². The maximum absolute atomic E-state index is 10.2. The molecule has 3 heterocycles. The minimum atomic E-state index is 0.131. The zero-order chi connectivity index (χ0) is 29.2. The average molecular weight is 569 g/mol. The lowest BCUT2D eigenvalue weighted by molar-refractivity contribution is 0.433. The molecule has 7 aromatic rings. The van der Waals surface area contributed by atoms with Crippen molar-refractivity contribution in [2.75, 3.05) is 0 Å². The number of para-hydroxylation sites is 6. The standard InChI is InChI=1S/C32H24N8O3/c41-27-15-7-1-9-21(27)17-33-31-35-23-11-3-5-13-25(23)39(31)19-29-37-38-30(43-29)20-40-26-14-6-4-12-24(26)36-32(40)34-18-22-10-2-8-16-28(22)42/h1-18,41-42H,19-20H2/b33-17+,34-18+. The van der Waals surface area contributed by atoms with E-state index in [2.05, 4.69) is 30.2 Å². The zero-order valence-electron chi connectivity index (χ0n) is 22.7. The van der Waals surface area contributed by atoms with Crippen LogP contribution in [0.4, 0.5) is 11.9 Å². The maximum Gasteiger partial charge on any atom is 0.236 e. The molecule has 11 heteroatoms. The Kier molecular flexibility index (Phi) is 6.64. The smallest absolute Gasteiger partial charge is 0.236 e. The monoisotopic (exact) mass is 568 g/mol. The number of imidazole rings is 2. The number of hydrogen-bond acceptors (Lipinski definition) is 9. The van der Waals surface area contributed by atoms with Gasteiger partial charge in [-0.3, -0.25) is 9.13 Å². The van der Waals surface area contributed by atoms with E-state index in [0.717, 1.165) is 22.1 Å². The third-order valence-electron chi connectivity index (χ3n) is 6.88. The highest BCUT2D eigenvalue weighted by molar-refractivity contribution is 5.87. The number of nitrogens with zero attached hydrogens (tertiary/aromatic N) is 8. The van der Waals surface area contributed by atoms with Gasteiger partial charge in [0.1, 0.15) is 24.6 Å². The molecule has 210 valence electrons. The summed E-state index contributed by atoms with van der Waals surface area (Å²) in [5.74, 6) is 1.89. The number of rotatable bonds is 8. The van der Waals surface area contributed by atoms with Gasteiger partial charge in [0.05, 0.1) is 22.1 Å². The predicted octanol–water partition coefficient (Wildman–Crippen LogP) is 5.78. The molecule has 0 radical (unpaired) electrons. The number of aromatic nitrogens is 6. The number of benzene rings is 4. The fourth-order valence-corrected chi connectivity index (χ4v) is 4.77. The van der Waals surface area contributed by atoms with E-state index in [1.165, 1.54) is 0 Å². The van der Waals surface area contributed by atoms with Crippen molar-refractivity contribution in [2.24, 2.45) is 9.98 Å². The highest BCUT2D eigenvalue weighted by Crippen LogP contribution is 2.26.